The van der Waals surface area contributed by atoms with Gasteiger partial charge in [-0.05, 0) is 32.3 Å². The van der Waals surface area contributed by atoms with E-state index in [0.717, 1.165) is 25.1 Å². The molecule has 1 aliphatic heterocycles. The quantitative estimate of drug-likeness (QED) is 0.840. The van der Waals surface area contributed by atoms with Gasteiger partial charge in [0.15, 0.2) is 0 Å². The predicted octanol–water partition coefficient (Wildman–Crippen LogP) is 1.36. The third kappa shape index (κ3) is 3.18. The third-order valence-corrected chi connectivity index (χ3v) is 5.59. The Labute approximate surface area is 149 Å². The zero-order chi connectivity index (χ0) is 18.1. The molecule has 0 bridgehead atoms. The normalized spacial score (nSPS) is 14.4. The zero-order valence-electron chi connectivity index (χ0n) is 14.6. The Morgan fingerprint density at radius 3 is 2.88 bits per heavy atom. The molecule has 3 heterocycles. The van der Waals surface area contributed by atoms with E-state index in [4.69, 9.17) is 0 Å². The molecule has 3 rings (SSSR count). The SMILES string of the molecule is CCCNC(=O)[C@@H](C)NC(=O)c1sc2nc3n(c(=O)c2c1C)CCC3. The maximum Gasteiger partial charge on any atom is 0.262 e. The highest BCUT2D eigenvalue weighted by Crippen LogP contribution is 2.28. The highest BCUT2D eigenvalue weighted by molar-refractivity contribution is 7.20. The van der Waals surface area contributed by atoms with Gasteiger partial charge in [0, 0.05) is 19.5 Å². The van der Waals surface area contributed by atoms with Crippen LogP contribution in [0.25, 0.3) is 10.2 Å². The summed E-state index contributed by atoms with van der Waals surface area (Å²) in [6.07, 6.45) is 2.55. The van der Waals surface area contributed by atoms with Crippen molar-refractivity contribution in [3.63, 3.8) is 0 Å². The highest BCUT2D eigenvalue weighted by atomic mass is 32.1. The second-order valence-electron chi connectivity index (χ2n) is 6.31. The van der Waals surface area contributed by atoms with Crippen LogP contribution in [0.4, 0.5) is 0 Å². The summed E-state index contributed by atoms with van der Waals surface area (Å²) in [4.78, 5) is 42.8. The molecule has 0 aliphatic carbocycles. The minimum atomic E-state index is -0.636. The minimum Gasteiger partial charge on any atom is -0.354 e. The molecule has 2 aromatic rings. The Kier molecular flexibility index (Phi) is 4.89. The van der Waals surface area contributed by atoms with Gasteiger partial charge in [0.2, 0.25) is 5.91 Å². The number of carbonyl (C=O) groups excluding carboxylic acids is 2. The van der Waals surface area contributed by atoms with Crippen molar-refractivity contribution in [3.05, 3.63) is 26.6 Å². The third-order valence-electron chi connectivity index (χ3n) is 4.41. The van der Waals surface area contributed by atoms with E-state index in [2.05, 4.69) is 15.6 Å². The Balaban J connectivity index is 1.88. The van der Waals surface area contributed by atoms with Gasteiger partial charge >= 0.3 is 0 Å². The largest absolute Gasteiger partial charge is 0.354 e. The first-order valence-corrected chi connectivity index (χ1v) is 9.37. The van der Waals surface area contributed by atoms with Crippen molar-refractivity contribution in [2.75, 3.05) is 6.54 Å². The average molecular weight is 362 g/mol. The standard InChI is InChI=1S/C17H22N4O3S/c1-4-7-18-14(22)10(3)19-15(23)13-9(2)12-16(25-13)20-11-6-5-8-21(11)17(12)24/h10H,4-8H2,1-3H3,(H,18,22)(H,19,23)/t10-/m1/s1. The molecule has 0 fully saturated rings. The Bertz CT molecular complexity index is 899. The number of hydrogen-bond donors (Lipinski definition) is 2. The Morgan fingerprint density at radius 1 is 1.40 bits per heavy atom. The number of fused-ring (bicyclic) bond motifs is 2. The number of aromatic nitrogens is 2. The van der Waals surface area contributed by atoms with Gasteiger partial charge in [0.05, 0.1) is 10.3 Å². The Morgan fingerprint density at radius 2 is 2.16 bits per heavy atom. The first-order valence-electron chi connectivity index (χ1n) is 8.55. The van der Waals surface area contributed by atoms with Crippen LogP contribution in [0.5, 0.6) is 0 Å². The maximum absolute atomic E-state index is 12.7. The van der Waals surface area contributed by atoms with Crippen LogP contribution in [0.2, 0.25) is 0 Å². The molecular formula is C17H22N4O3S. The average Bonchev–Trinajstić information content (AvgIpc) is 3.17. The summed E-state index contributed by atoms with van der Waals surface area (Å²) < 4.78 is 1.70. The van der Waals surface area contributed by atoms with Crippen LogP contribution in [-0.4, -0.2) is 34.0 Å². The molecule has 0 spiro atoms. The monoisotopic (exact) mass is 362 g/mol. The molecule has 1 aliphatic rings. The van der Waals surface area contributed by atoms with Crippen molar-refractivity contribution in [1.82, 2.24) is 20.2 Å². The molecule has 0 saturated carbocycles. The molecule has 25 heavy (non-hydrogen) atoms. The molecule has 2 aromatic heterocycles. The summed E-state index contributed by atoms with van der Waals surface area (Å²) >= 11 is 1.22. The van der Waals surface area contributed by atoms with Crippen LogP contribution in [0, 0.1) is 6.92 Å². The second-order valence-corrected chi connectivity index (χ2v) is 7.31. The zero-order valence-corrected chi connectivity index (χ0v) is 15.5. The van der Waals surface area contributed by atoms with Crippen LogP contribution in [-0.2, 0) is 17.8 Å². The Hall–Kier alpha value is -2.22. The van der Waals surface area contributed by atoms with Gasteiger partial charge in [-0.15, -0.1) is 11.3 Å². The van der Waals surface area contributed by atoms with Gasteiger partial charge in [0.1, 0.15) is 16.7 Å². The fourth-order valence-electron chi connectivity index (χ4n) is 3.02. The smallest absolute Gasteiger partial charge is 0.262 e. The van der Waals surface area contributed by atoms with E-state index >= 15 is 0 Å². The summed E-state index contributed by atoms with van der Waals surface area (Å²) in [7, 11) is 0. The van der Waals surface area contributed by atoms with Crippen LogP contribution >= 0.6 is 11.3 Å². The molecule has 0 unspecified atom stereocenters. The van der Waals surface area contributed by atoms with Gasteiger partial charge in [-0.25, -0.2) is 4.98 Å². The molecule has 2 amide bonds. The molecule has 2 N–H and O–H groups in total. The van der Waals surface area contributed by atoms with Gasteiger partial charge in [-0.1, -0.05) is 6.92 Å². The van der Waals surface area contributed by atoms with Crippen LogP contribution in [0.1, 0.15) is 47.7 Å². The lowest BCUT2D eigenvalue weighted by Crippen LogP contribution is -2.44. The number of carbonyl (C=O) groups is 2. The van der Waals surface area contributed by atoms with Crippen LogP contribution in [0.15, 0.2) is 4.79 Å². The molecule has 1 atom stereocenters. The van der Waals surface area contributed by atoms with Crippen molar-refractivity contribution in [1.29, 1.82) is 0 Å². The lowest BCUT2D eigenvalue weighted by Gasteiger charge is -2.13. The lowest BCUT2D eigenvalue weighted by atomic mass is 10.2. The van der Waals surface area contributed by atoms with Gasteiger partial charge < -0.3 is 10.6 Å². The second kappa shape index (κ2) is 6.95. The van der Waals surface area contributed by atoms with Crippen molar-refractivity contribution < 1.29 is 9.59 Å². The van der Waals surface area contributed by atoms with Gasteiger partial charge in [-0.3, -0.25) is 19.0 Å². The lowest BCUT2D eigenvalue weighted by molar-refractivity contribution is -0.122. The van der Waals surface area contributed by atoms with Crippen LogP contribution < -0.4 is 16.2 Å². The van der Waals surface area contributed by atoms with Crippen LogP contribution in [0.3, 0.4) is 0 Å². The summed E-state index contributed by atoms with van der Waals surface area (Å²) in [5.74, 6) is 0.230. The molecule has 0 saturated heterocycles. The number of thiophene rings is 1. The van der Waals surface area contributed by atoms with Crippen molar-refractivity contribution >= 4 is 33.4 Å². The van der Waals surface area contributed by atoms with Crippen molar-refractivity contribution in [3.8, 4) is 0 Å². The molecular weight excluding hydrogens is 340 g/mol. The number of hydrogen-bond acceptors (Lipinski definition) is 5. The first-order chi connectivity index (χ1) is 11.9. The predicted molar refractivity (Wildman–Crippen MR) is 97.2 cm³/mol. The topological polar surface area (TPSA) is 93.1 Å². The highest BCUT2D eigenvalue weighted by Gasteiger charge is 2.24. The summed E-state index contributed by atoms with van der Waals surface area (Å²) in [6, 6.07) is -0.636. The van der Waals surface area contributed by atoms with E-state index in [0.29, 0.717) is 33.7 Å². The van der Waals surface area contributed by atoms with Crippen molar-refractivity contribution in [2.45, 2.75) is 52.6 Å². The summed E-state index contributed by atoms with van der Waals surface area (Å²) in [5.41, 5.74) is 0.567. The van der Waals surface area contributed by atoms with E-state index in [9.17, 15) is 14.4 Å². The van der Waals surface area contributed by atoms with E-state index in [1.54, 1.807) is 18.4 Å². The molecule has 0 radical (unpaired) electrons. The first kappa shape index (κ1) is 17.6. The number of nitrogens with zero attached hydrogens (tertiary/aromatic N) is 2. The van der Waals surface area contributed by atoms with E-state index in [1.165, 1.54) is 11.3 Å². The van der Waals surface area contributed by atoms with E-state index < -0.39 is 6.04 Å². The van der Waals surface area contributed by atoms with E-state index in [1.807, 2.05) is 6.92 Å². The molecule has 0 aromatic carbocycles. The fourth-order valence-corrected chi connectivity index (χ4v) is 4.11. The molecule has 134 valence electrons. The van der Waals surface area contributed by atoms with Crippen molar-refractivity contribution in [2.24, 2.45) is 0 Å². The number of rotatable bonds is 5. The summed E-state index contributed by atoms with van der Waals surface area (Å²) in [6.45, 7) is 6.64. The number of amides is 2. The summed E-state index contributed by atoms with van der Waals surface area (Å²) in [5, 5.41) is 5.98. The van der Waals surface area contributed by atoms with Gasteiger partial charge in [0.25, 0.3) is 11.5 Å². The minimum absolute atomic E-state index is 0.0703. The molecule has 8 heteroatoms. The number of nitrogens with one attached hydrogen (secondary N) is 2. The fraction of sp³-hybridized carbons (Fsp3) is 0.529. The molecule has 7 nitrogen and oxygen atoms in total. The number of aryl methyl sites for hydroxylation is 2. The van der Waals surface area contributed by atoms with E-state index in [-0.39, 0.29) is 17.4 Å². The van der Waals surface area contributed by atoms with Gasteiger partial charge in [-0.2, -0.15) is 0 Å². The maximum atomic E-state index is 12.7.